The second kappa shape index (κ2) is 7.75. The predicted molar refractivity (Wildman–Crippen MR) is 94.9 cm³/mol. The van der Waals surface area contributed by atoms with Gasteiger partial charge in [-0.3, -0.25) is 9.80 Å². The molecule has 0 aromatic heterocycles. The fourth-order valence-corrected chi connectivity index (χ4v) is 2.43. The molecule has 0 saturated carbocycles. The number of rotatable bonds is 5. The van der Waals surface area contributed by atoms with Gasteiger partial charge in [-0.25, -0.2) is 0 Å². The highest BCUT2D eigenvalue weighted by atomic mass is 16.5. The maximum Gasteiger partial charge on any atom is 0.205 e. The maximum atomic E-state index is 12.2. The second-order valence-electron chi connectivity index (χ2n) is 5.81. The Labute approximate surface area is 142 Å². The van der Waals surface area contributed by atoms with E-state index in [1.165, 1.54) is 6.21 Å². The third-order valence-electron chi connectivity index (χ3n) is 3.94. The number of benzene rings is 2. The molecule has 1 aliphatic rings. The number of hydrogen-bond donors (Lipinski definition) is 0. The van der Waals surface area contributed by atoms with Crippen molar-refractivity contribution in [2.24, 2.45) is 5.10 Å². The molecular weight excluding hydrogens is 302 g/mol. The Morgan fingerprint density at radius 3 is 2.25 bits per heavy atom. The molecule has 2 aromatic carbocycles. The number of ether oxygens (including phenoxy) is 1. The minimum atomic E-state index is -0.0970. The van der Waals surface area contributed by atoms with Crippen LogP contribution in [-0.4, -0.2) is 55.1 Å². The molecule has 1 fully saturated rings. The molecule has 1 aliphatic heterocycles. The van der Waals surface area contributed by atoms with E-state index in [1.807, 2.05) is 35.3 Å². The predicted octanol–water partition coefficient (Wildman–Crippen LogP) is 2.89. The summed E-state index contributed by atoms with van der Waals surface area (Å²) in [6.07, 6.45) is 1.40. The summed E-state index contributed by atoms with van der Waals surface area (Å²) in [5.74, 6) is 1.38. The maximum absolute atomic E-state index is 12.2. The van der Waals surface area contributed by atoms with Crippen LogP contribution in [0.15, 0.2) is 59.7 Å². The summed E-state index contributed by atoms with van der Waals surface area (Å²) >= 11 is 0. The van der Waals surface area contributed by atoms with Crippen molar-refractivity contribution in [1.29, 1.82) is 0 Å². The van der Waals surface area contributed by atoms with Crippen LogP contribution in [0.3, 0.4) is 0 Å². The first kappa shape index (κ1) is 16.2. The summed E-state index contributed by atoms with van der Waals surface area (Å²) in [6.45, 7) is 3.64. The first-order valence-corrected chi connectivity index (χ1v) is 8.05. The van der Waals surface area contributed by atoms with Gasteiger partial charge in [0.1, 0.15) is 11.5 Å². The number of piperazine rings is 1. The number of likely N-dealkylation sites (N-methyl/N-ethyl adjacent to an activating group) is 1. The van der Waals surface area contributed by atoms with Crippen LogP contribution in [0, 0.1) is 0 Å². The Kier molecular flexibility index (Phi) is 5.23. The molecule has 0 N–H and O–H groups in total. The molecule has 3 rings (SSSR count). The van der Waals surface area contributed by atoms with Crippen LogP contribution in [0.4, 0.5) is 0 Å². The van der Waals surface area contributed by atoms with E-state index in [-0.39, 0.29) is 5.78 Å². The van der Waals surface area contributed by atoms with E-state index in [0.29, 0.717) is 11.3 Å². The van der Waals surface area contributed by atoms with Crippen LogP contribution >= 0.6 is 0 Å². The molecule has 0 aliphatic carbocycles. The molecule has 5 heteroatoms. The Morgan fingerprint density at radius 1 is 0.958 bits per heavy atom. The molecule has 0 radical (unpaired) electrons. The average molecular weight is 323 g/mol. The quantitative estimate of drug-likeness (QED) is 0.627. The smallest absolute Gasteiger partial charge is 0.205 e. The highest BCUT2D eigenvalue weighted by molar-refractivity contribution is 6.35. The molecule has 0 bridgehead atoms. The molecule has 1 saturated heterocycles. The minimum absolute atomic E-state index is 0.0970. The van der Waals surface area contributed by atoms with Crippen LogP contribution in [0.25, 0.3) is 0 Å². The Balaban J connectivity index is 1.57. The standard InChI is InChI=1S/C19H21N3O2/c1-21-11-13-22(14-12-21)20-15-19(23)16-7-9-18(10-8-16)24-17-5-3-2-4-6-17/h2-10,15H,11-14H2,1H3/b20-15-. The van der Waals surface area contributed by atoms with E-state index in [9.17, 15) is 4.79 Å². The molecule has 24 heavy (non-hydrogen) atoms. The lowest BCUT2D eigenvalue weighted by Crippen LogP contribution is -2.41. The van der Waals surface area contributed by atoms with Crippen molar-refractivity contribution in [3.8, 4) is 11.5 Å². The Hall–Kier alpha value is -2.66. The van der Waals surface area contributed by atoms with Gasteiger partial charge in [0.25, 0.3) is 0 Å². The number of Topliss-reactive ketones (excluding diaryl/α,β-unsaturated/α-hetero) is 1. The van der Waals surface area contributed by atoms with Crippen molar-refractivity contribution in [3.05, 3.63) is 60.2 Å². The van der Waals surface area contributed by atoms with Gasteiger partial charge in [0.05, 0.1) is 6.21 Å². The van der Waals surface area contributed by atoms with Gasteiger partial charge in [0, 0.05) is 31.7 Å². The van der Waals surface area contributed by atoms with Crippen LogP contribution < -0.4 is 4.74 Å². The minimum Gasteiger partial charge on any atom is -0.457 e. The van der Waals surface area contributed by atoms with Crippen molar-refractivity contribution >= 4 is 12.0 Å². The zero-order chi connectivity index (χ0) is 16.8. The summed E-state index contributed by atoms with van der Waals surface area (Å²) in [5, 5.41) is 6.22. The van der Waals surface area contributed by atoms with Crippen LogP contribution in [0.5, 0.6) is 11.5 Å². The van der Waals surface area contributed by atoms with E-state index in [0.717, 1.165) is 31.9 Å². The number of ketones is 1. The monoisotopic (exact) mass is 323 g/mol. The Bertz CT molecular complexity index is 690. The lowest BCUT2D eigenvalue weighted by molar-refractivity contribution is 0.106. The normalized spacial score (nSPS) is 15.6. The topological polar surface area (TPSA) is 45.1 Å². The van der Waals surface area contributed by atoms with Crippen LogP contribution in [0.2, 0.25) is 0 Å². The van der Waals surface area contributed by atoms with Gasteiger partial charge < -0.3 is 9.64 Å². The molecule has 124 valence electrons. The largest absolute Gasteiger partial charge is 0.457 e. The highest BCUT2D eigenvalue weighted by Crippen LogP contribution is 2.21. The van der Waals surface area contributed by atoms with Gasteiger partial charge in [-0.15, -0.1) is 0 Å². The molecule has 0 atom stereocenters. The summed E-state index contributed by atoms with van der Waals surface area (Å²) in [6, 6.07) is 16.7. The third-order valence-corrected chi connectivity index (χ3v) is 3.94. The summed E-state index contributed by atoms with van der Waals surface area (Å²) in [7, 11) is 2.09. The molecule has 5 nitrogen and oxygen atoms in total. The van der Waals surface area contributed by atoms with Gasteiger partial charge in [-0.05, 0) is 43.4 Å². The molecule has 2 aromatic rings. The summed E-state index contributed by atoms with van der Waals surface area (Å²) < 4.78 is 5.72. The fourth-order valence-electron chi connectivity index (χ4n) is 2.43. The number of hydrazone groups is 1. The van der Waals surface area contributed by atoms with Crippen molar-refractivity contribution < 1.29 is 9.53 Å². The highest BCUT2D eigenvalue weighted by Gasteiger charge is 2.11. The van der Waals surface area contributed by atoms with E-state index in [1.54, 1.807) is 24.3 Å². The Morgan fingerprint density at radius 2 is 1.58 bits per heavy atom. The van der Waals surface area contributed by atoms with E-state index < -0.39 is 0 Å². The first-order valence-electron chi connectivity index (χ1n) is 8.05. The number of carbonyl (C=O) groups excluding carboxylic acids is 1. The van der Waals surface area contributed by atoms with Gasteiger partial charge in [0.15, 0.2) is 0 Å². The average Bonchev–Trinajstić information content (AvgIpc) is 2.62. The van der Waals surface area contributed by atoms with Crippen LogP contribution in [0.1, 0.15) is 10.4 Å². The van der Waals surface area contributed by atoms with Crippen LogP contribution in [-0.2, 0) is 0 Å². The molecular formula is C19H21N3O2. The second-order valence-corrected chi connectivity index (χ2v) is 5.81. The number of hydrogen-bond acceptors (Lipinski definition) is 5. The molecule has 0 unspecified atom stereocenters. The van der Waals surface area contributed by atoms with Crippen molar-refractivity contribution in [2.45, 2.75) is 0 Å². The van der Waals surface area contributed by atoms with Crippen molar-refractivity contribution in [1.82, 2.24) is 9.91 Å². The van der Waals surface area contributed by atoms with Gasteiger partial charge >= 0.3 is 0 Å². The van der Waals surface area contributed by atoms with E-state index in [4.69, 9.17) is 4.74 Å². The van der Waals surface area contributed by atoms with Crippen molar-refractivity contribution in [3.63, 3.8) is 0 Å². The lowest BCUT2D eigenvalue weighted by atomic mass is 10.1. The third kappa shape index (κ3) is 4.43. The summed E-state index contributed by atoms with van der Waals surface area (Å²) in [4.78, 5) is 14.4. The fraction of sp³-hybridized carbons (Fsp3) is 0.263. The van der Waals surface area contributed by atoms with E-state index >= 15 is 0 Å². The molecule has 0 amide bonds. The first-order chi connectivity index (χ1) is 11.7. The SMILES string of the molecule is CN1CCN(/N=C\C(=O)c2ccc(Oc3ccccc3)cc2)CC1. The van der Waals surface area contributed by atoms with Crippen molar-refractivity contribution in [2.75, 3.05) is 33.2 Å². The van der Waals surface area contributed by atoms with Gasteiger partial charge in [-0.1, -0.05) is 18.2 Å². The van der Waals surface area contributed by atoms with E-state index in [2.05, 4.69) is 17.0 Å². The summed E-state index contributed by atoms with van der Waals surface area (Å²) in [5.41, 5.74) is 0.605. The zero-order valence-electron chi connectivity index (χ0n) is 13.8. The number of nitrogens with zero attached hydrogens (tertiary/aromatic N) is 3. The molecule has 0 spiro atoms. The van der Waals surface area contributed by atoms with Gasteiger partial charge in [0.2, 0.25) is 5.78 Å². The zero-order valence-corrected chi connectivity index (χ0v) is 13.8. The van der Waals surface area contributed by atoms with Gasteiger partial charge in [-0.2, -0.15) is 5.10 Å². The molecule has 1 heterocycles. The number of para-hydroxylation sites is 1. The lowest BCUT2D eigenvalue weighted by Gasteiger charge is -2.30. The number of carbonyl (C=O) groups is 1.